The van der Waals surface area contributed by atoms with E-state index in [0.29, 0.717) is 17.2 Å². The molecular weight excluding hydrogens is 211 g/mol. The Balaban J connectivity index is 2.49. The number of nitrogens with zero attached hydrogens (tertiary/aromatic N) is 3. The molecule has 6 heteroatoms. The van der Waals surface area contributed by atoms with Crippen molar-refractivity contribution < 1.29 is 9.13 Å². The SMILES string of the molecule is COc1ccc(-n2nnc(N)c2C)cc1F. The van der Waals surface area contributed by atoms with Gasteiger partial charge < -0.3 is 10.5 Å². The van der Waals surface area contributed by atoms with Crippen LogP contribution in [0.2, 0.25) is 0 Å². The third-order valence-corrected chi connectivity index (χ3v) is 2.31. The molecule has 0 saturated carbocycles. The van der Waals surface area contributed by atoms with E-state index in [1.807, 2.05) is 0 Å². The lowest BCUT2D eigenvalue weighted by molar-refractivity contribution is 0.386. The molecule has 1 heterocycles. The van der Waals surface area contributed by atoms with Crippen LogP contribution in [0.4, 0.5) is 10.2 Å². The molecule has 5 nitrogen and oxygen atoms in total. The summed E-state index contributed by atoms with van der Waals surface area (Å²) < 4.78 is 19.8. The Bertz CT molecular complexity index is 524. The highest BCUT2D eigenvalue weighted by Crippen LogP contribution is 2.21. The predicted molar refractivity (Wildman–Crippen MR) is 57.0 cm³/mol. The first-order valence-electron chi connectivity index (χ1n) is 4.65. The average Bonchev–Trinajstić information content (AvgIpc) is 2.60. The van der Waals surface area contributed by atoms with E-state index in [2.05, 4.69) is 10.3 Å². The van der Waals surface area contributed by atoms with Gasteiger partial charge in [-0.1, -0.05) is 5.21 Å². The summed E-state index contributed by atoms with van der Waals surface area (Å²) in [4.78, 5) is 0. The molecule has 0 radical (unpaired) electrons. The molecule has 0 amide bonds. The van der Waals surface area contributed by atoms with E-state index < -0.39 is 5.82 Å². The van der Waals surface area contributed by atoms with E-state index >= 15 is 0 Å². The Morgan fingerprint density at radius 2 is 2.19 bits per heavy atom. The zero-order valence-electron chi connectivity index (χ0n) is 8.94. The summed E-state index contributed by atoms with van der Waals surface area (Å²) in [6.45, 7) is 1.76. The van der Waals surface area contributed by atoms with Crippen molar-refractivity contribution in [3.8, 4) is 11.4 Å². The summed E-state index contributed by atoms with van der Waals surface area (Å²) >= 11 is 0. The van der Waals surface area contributed by atoms with Crippen LogP contribution in [0.3, 0.4) is 0 Å². The molecule has 0 aliphatic rings. The monoisotopic (exact) mass is 222 g/mol. The predicted octanol–water partition coefficient (Wildman–Crippen LogP) is 1.31. The van der Waals surface area contributed by atoms with E-state index in [1.54, 1.807) is 13.0 Å². The molecule has 2 aromatic rings. The molecule has 0 aliphatic heterocycles. The first-order chi connectivity index (χ1) is 7.63. The highest BCUT2D eigenvalue weighted by atomic mass is 19.1. The fraction of sp³-hybridized carbons (Fsp3) is 0.200. The number of nitrogens with two attached hydrogens (primary N) is 1. The summed E-state index contributed by atoms with van der Waals surface area (Å²) in [5, 5.41) is 7.52. The van der Waals surface area contributed by atoms with Gasteiger partial charge in [0.25, 0.3) is 0 Å². The first-order valence-corrected chi connectivity index (χ1v) is 4.65. The standard InChI is InChI=1S/C10H11FN4O/c1-6-10(12)13-14-15(6)7-3-4-9(16-2)8(11)5-7/h3-5H,12H2,1-2H3. The minimum atomic E-state index is -0.450. The van der Waals surface area contributed by atoms with Crippen molar-refractivity contribution in [3.63, 3.8) is 0 Å². The van der Waals surface area contributed by atoms with Gasteiger partial charge >= 0.3 is 0 Å². The summed E-state index contributed by atoms with van der Waals surface area (Å²) in [7, 11) is 1.41. The lowest BCUT2D eigenvalue weighted by Gasteiger charge is -2.05. The summed E-state index contributed by atoms with van der Waals surface area (Å²) in [6, 6.07) is 4.53. The molecule has 0 spiro atoms. The Kier molecular flexibility index (Phi) is 2.47. The van der Waals surface area contributed by atoms with Gasteiger partial charge in [-0.3, -0.25) is 0 Å². The second-order valence-electron chi connectivity index (χ2n) is 3.29. The highest BCUT2D eigenvalue weighted by Gasteiger charge is 2.09. The maximum atomic E-state index is 13.5. The normalized spacial score (nSPS) is 10.4. The Labute approximate surface area is 91.6 Å². The minimum absolute atomic E-state index is 0.189. The fourth-order valence-electron chi connectivity index (χ4n) is 1.37. The van der Waals surface area contributed by atoms with Crippen LogP contribution in [0, 0.1) is 12.7 Å². The minimum Gasteiger partial charge on any atom is -0.494 e. The van der Waals surface area contributed by atoms with Gasteiger partial charge in [-0.25, -0.2) is 9.07 Å². The van der Waals surface area contributed by atoms with E-state index in [9.17, 15) is 4.39 Å². The van der Waals surface area contributed by atoms with E-state index in [4.69, 9.17) is 10.5 Å². The first kappa shape index (κ1) is 10.4. The summed E-state index contributed by atoms with van der Waals surface area (Å²) in [5.74, 6) is 0.0687. The molecule has 0 aliphatic carbocycles. The van der Waals surface area contributed by atoms with E-state index in [0.717, 1.165) is 0 Å². The van der Waals surface area contributed by atoms with Crippen LogP contribution in [0.25, 0.3) is 5.69 Å². The molecule has 0 unspecified atom stereocenters. The van der Waals surface area contributed by atoms with Crippen molar-refractivity contribution in [2.45, 2.75) is 6.92 Å². The Morgan fingerprint density at radius 3 is 2.69 bits per heavy atom. The van der Waals surface area contributed by atoms with E-state index in [1.165, 1.54) is 23.9 Å². The lowest BCUT2D eigenvalue weighted by Crippen LogP contribution is -2.01. The van der Waals surface area contributed by atoms with Crippen LogP contribution in [-0.2, 0) is 0 Å². The molecule has 1 aromatic heterocycles. The number of nitrogen functional groups attached to an aromatic ring is 1. The number of rotatable bonds is 2. The third kappa shape index (κ3) is 1.58. The van der Waals surface area contributed by atoms with Crippen molar-refractivity contribution in [1.29, 1.82) is 0 Å². The zero-order chi connectivity index (χ0) is 11.7. The number of hydrogen-bond donors (Lipinski definition) is 1. The van der Waals surface area contributed by atoms with Crippen molar-refractivity contribution in [2.75, 3.05) is 12.8 Å². The van der Waals surface area contributed by atoms with Crippen LogP contribution in [0.15, 0.2) is 18.2 Å². The molecule has 0 fully saturated rings. The number of anilines is 1. The van der Waals surface area contributed by atoms with Gasteiger partial charge in [0.05, 0.1) is 18.5 Å². The number of ether oxygens (including phenoxy) is 1. The summed E-state index contributed by atoms with van der Waals surface area (Å²) in [6.07, 6.45) is 0. The van der Waals surface area contributed by atoms with Gasteiger partial charge in [0.1, 0.15) is 0 Å². The van der Waals surface area contributed by atoms with Gasteiger partial charge in [-0.05, 0) is 19.1 Å². The Hall–Kier alpha value is -2.11. The second-order valence-corrected chi connectivity index (χ2v) is 3.29. The zero-order valence-corrected chi connectivity index (χ0v) is 8.94. The molecular formula is C10H11FN4O. The fourth-order valence-corrected chi connectivity index (χ4v) is 1.37. The topological polar surface area (TPSA) is 66.0 Å². The molecule has 0 saturated heterocycles. The highest BCUT2D eigenvalue weighted by molar-refractivity contribution is 5.42. The summed E-state index contributed by atoms with van der Waals surface area (Å²) in [5.41, 5.74) is 6.79. The lowest BCUT2D eigenvalue weighted by atomic mass is 10.3. The van der Waals surface area contributed by atoms with Crippen molar-refractivity contribution in [2.24, 2.45) is 0 Å². The van der Waals surface area contributed by atoms with Crippen molar-refractivity contribution in [3.05, 3.63) is 29.7 Å². The Morgan fingerprint density at radius 1 is 1.44 bits per heavy atom. The quantitative estimate of drug-likeness (QED) is 0.831. The van der Waals surface area contributed by atoms with Crippen LogP contribution >= 0.6 is 0 Å². The molecule has 84 valence electrons. The van der Waals surface area contributed by atoms with Crippen LogP contribution in [0.5, 0.6) is 5.75 Å². The number of aromatic nitrogens is 3. The number of hydrogen-bond acceptors (Lipinski definition) is 4. The van der Waals surface area contributed by atoms with Crippen molar-refractivity contribution >= 4 is 5.82 Å². The third-order valence-electron chi connectivity index (χ3n) is 2.31. The smallest absolute Gasteiger partial charge is 0.169 e. The van der Waals surface area contributed by atoms with E-state index in [-0.39, 0.29) is 5.75 Å². The number of methoxy groups -OCH3 is 1. The molecule has 0 bridgehead atoms. The maximum absolute atomic E-state index is 13.5. The molecule has 0 atom stereocenters. The van der Waals surface area contributed by atoms with Crippen LogP contribution in [0.1, 0.15) is 5.69 Å². The van der Waals surface area contributed by atoms with Gasteiger partial charge in [0.15, 0.2) is 17.4 Å². The van der Waals surface area contributed by atoms with Gasteiger partial charge in [-0.2, -0.15) is 0 Å². The van der Waals surface area contributed by atoms with Crippen molar-refractivity contribution in [1.82, 2.24) is 15.0 Å². The van der Waals surface area contributed by atoms with Gasteiger partial charge in [-0.15, -0.1) is 5.10 Å². The molecule has 2 N–H and O–H groups in total. The molecule has 2 rings (SSSR count). The van der Waals surface area contributed by atoms with Crippen LogP contribution < -0.4 is 10.5 Å². The largest absolute Gasteiger partial charge is 0.494 e. The van der Waals surface area contributed by atoms with Gasteiger partial charge in [0, 0.05) is 6.07 Å². The second kappa shape index (κ2) is 3.80. The maximum Gasteiger partial charge on any atom is 0.169 e. The number of benzene rings is 1. The molecule has 16 heavy (non-hydrogen) atoms. The average molecular weight is 222 g/mol. The molecule has 1 aromatic carbocycles. The van der Waals surface area contributed by atoms with Crippen LogP contribution in [-0.4, -0.2) is 22.1 Å². The number of halogens is 1. The van der Waals surface area contributed by atoms with Gasteiger partial charge in [0.2, 0.25) is 0 Å².